The largest absolute Gasteiger partial charge is 0.493 e. The minimum Gasteiger partial charge on any atom is -0.493 e. The van der Waals surface area contributed by atoms with Crippen molar-refractivity contribution in [2.24, 2.45) is 5.73 Å². The summed E-state index contributed by atoms with van der Waals surface area (Å²) in [5, 5.41) is 3.23. The predicted octanol–water partition coefficient (Wildman–Crippen LogP) is 2.33. The molecule has 0 amide bonds. The first-order valence-electron chi connectivity index (χ1n) is 5.88. The minimum absolute atomic E-state index is 0.667. The summed E-state index contributed by atoms with van der Waals surface area (Å²) in [6.07, 6.45) is 2.63. The Kier molecular flexibility index (Phi) is 4.15. The number of nitrogens with zero attached hydrogens (tertiary/aromatic N) is 1. The maximum absolute atomic E-state index is 5.52. The van der Waals surface area contributed by atoms with Gasteiger partial charge >= 0.3 is 0 Å². The molecular formula is C14H17N3O. The van der Waals surface area contributed by atoms with Crippen molar-refractivity contribution in [3.05, 3.63) is 48.2 Å². The van der Waals surface area contributed by atoms with Gasteiger partial charge in [0.1, 0.15) is 0 Å². The van der Waals surface area contributed by atoms with Crippen LogP contribution < -0.4 is 15.8 Å². The Hall–Kier alpha value is -2.07. The average molecular weight is 243 g/mol. The molecule has 0 spiro atoms. The van der Waals surface area contributed by atoms with Crippen molar-refractivity contribution in [1.82, 2.24) is 4.98 Å². The zero-order valence-electron chi connectivity index (χ0n) is 10.4. The number of hydrogen-bond donors (Lipinski definition) is 2. The van der Waals surface area contributed by atoms with Crippen molar-refractivity contribution >= 4 is 11.5 Å². The number of nitrogens with one attached hydrogen (secondary N) is 1. The smallest absolute Gasteiger partial charge is 0.173 e. The molecule has 0 unspecified atom stereocenters. The lowest BCUT2D eigenvalue weighted by Crippen LogP contribution is -2.02. The summed E-state index contributed by atoms with van der Waals surface area (Å²) >= 11 is 0. The van der Waals surface area contributed by atoms with Gasteiger partial charge in [0.05, 0.1) is 7.11 Å². The first kappa shape index (κ1) is 12.4. The lowest BCUT2D eigenvalue weighted by molar-refractivity contribution is 0.415. The molecule has 3 N–H and O–H groups in total. The van der Waals surface area contributed by atoms with E-state index < -0.39 is 0 Å². The summed E-state index contributed by atoms with van der Waals surface area (Å²) in [7, 11) is 1.63. The van der Waals surface area contributed by atoms with Crippen LogP contribution in [0.25, 0.3) is 0 Å². The molecule has 0 aliphatic rings. The van der Waals surface area contributed by atoms with Crippen LogP contribution in [0.5, 0.6) is 5.75 Å². The Morgan fingerprint density at radius 2 is 2.00 bits per heavy atom. The number of aromatic nitrogens is 1. The molecule has 2 rings (SSSR count). The highest BCUT2D eigenvalue weighted by atomic mass is 16.5. The van der Waals surface area contributed by atoms with Gasteiger partial charge in [-0.25, -0.2) is 4.98 Å². The fraction of sp³-hybridized carbons (Fsp3) is 0.214. The quantitative estimate of drug-likeness (QED) is 0.846. The molecule has 1 aromatic heterocycles. The second kappa shape index (κ2) is 6.02. The third-order valence-electron chi connectivity index (χ3n) is 2.64. The van der Waals surface area contributed by atoms with Crippen molar-refractivity contribution in [2.45, 2.75) is 6.42 Å². The van der Waals surface area contributed by atoms with Crippen LogP contribution in [0.3, 0.4) is 0 Å². The number of pyridine rings is 1. The number of ether oxygens (including phenoxy) is 1. The van der Waals surface area contributed by atoms with E-state index in [-0.39, 0.29) is 0 Å². The van der Waals surface area contributed by atoms with E-state index in [0.29, 0.717) is 12.4 Å². The van der Waals surface area contributed by atoms with Crippen LogP contribution in [0.15, 0.2) is 42.6 Å². The number of benzene rings is 1. The number of hydrogen-bond acceptors (Lipinski definition) is 4. The summed E-state index contributed by atoms with van der Waals surface area (Å²) in [5.41, 5.74) is 7.73. The third kappa shape index (κ3) is 2.99. The zero-order valence-corrected chi connectivity index (χ0v) is 10.4. The molecule has 94 valence electrons. The monoisotopic (exact) mass is 243 g/mol. The van der Waals surface area contributed by atoms with Gasteiger partial charge < -0.3 is 15.8 Å². The highest BCUT2D eigenvalue weighted by molar-refractivity contribution is 5.62. The standard InChI is InChI=1S/C14H17N3O/c1-18-13-3-2-10-16-14(13)17-12-6-4-11(5-7-12)8-9-15/h2-7,10H,8-9,15H2,1H3,(H,16,17). The van der Waals surface area contributed by atoms with Gasteiger partial charge in [0.15, 0.2) is 11.6 Å². The molecule has 2 aromatic rings. The average Bonchev–Trinajstić information content (AvgIpc) is 2.42. The second-order valence-electron chi connectivity index (χ2n) is 3.91. The Balaban J connectivity index is 2.13. The third-order valence-corrected chi connectivity index (χ3v) is 2.64. The van der Waals surface area contributed by atoms with E-state index in [9.17, 15) is 0 Å². The number of rotatable bonds is 5. The van der Waals surface area contributed by atoms with E-state index in [1.807, 2.05) is 24.3 Å². The molecule has 0 aliphatic heterocycles. The van der Waals surface area contributed by atoms with Gasteiger partial charge in [-0.15, -0.1) is 0 Å². The van der Waals surface area contributed by atoms with Crippen molar-refractivity contribution in [3.63, 3.8) is 0 Å². The van der Waals surface area contributed by atoms with Crippen molar-refractivity contribution < 1.29 is 4.74 Å². The van der Waals surface area contributed by atoms with Crippen LogP contribution in [0.4, 0.5) is 11.5 Å². The molecular weight excluding hydrogens is 226 g/mol. The van der Waals surface area contributed by atoms with Gasteiger partial charge in [-0.05, 0) is 42.8 Å². The second-order valence-corrected chi connectivity index (χ2v) is 3.91. The van der Waals surface area contributed by atoms with E-state index in [2.05, 4.69) is 22.4 Å². The van der Waals surface area contributed by atoms with Crippen LogP contribution in [-0.2, 0) is 6.42 Å². The highest BCUT2D eigenvalue weighted by Gasteiger charge is 2.03. The van der Waals surface area contributed by atoms with Crippen molar-refractivity contribution in [2.75, 3.05) is 19.0 Å². The molecule has 0 atom stereocenters. The first-order chi connectivity index (χ1) is 8.83. The lowest BCUT2D eigenvalue weighted by atomic mass is 10.1. The van der Waals surface area contributed by atoms with Gasteiger partial charge in [-0.3, -0.25) is 0 Å². The van der Waals surface area contributed by atoms with Crippen LogP contribution in [0.2, 0.25) is 0 Å². The zero-order chi connectivity index (χ0) is 12.8. The van der Waals surface area contributed by atoms with Crippen molar-refractivity contribution in [1.29, 1.82) is 0 Å². The van der Waals surface area contributed by atoms with E-state index >= 15 is 0 Å². The Morgan fingerprint density at radius 1 is 1.22 bits per heavy atom. The van der Waals surface area contributed by atoms with Gasteiger partial charge in [-0.2, -0.15) is 0 Å². The number of nitrogens with two attached hydrogens (primary N) is 1. The fourth-order valence-corrected chi connectivity index (χ4v) is 1.71. The SMILES string of the molecule is COc1cccnc1Nc1ccc(CCN)cc1. The number of methoxy groups -OCH3 is 1. The van der Waals surface area contributed by atoms with Gasteiger partial charge in [-0.1, -0.05) is 12.1 Å². The molecule has 4 heteroatoms. The maximum Gasteiger partial charge on any atom is 0.173 e. The lowest BCUT2D eigenvalue weighted by Gasteiger charge is -2.10. The number of anilines is 2. The Labute approximate surface area is 107 Å². The molecule has 0 aliphatic carbocycles. The normalized spacial score (nSPS) is 10.1. The molecule has 18 heavy (non-hydrogen) atoms. The topological polar surface area (TPSA) is 60.2 Å². The molecule has 4 nitrogen and oxygen atoms in total. The summed E-state index contributed by atoms with van der Waals surface area (Å²) in [4.78, 5) is 4.25. The molecule has 0 saturated heterocycles. The van der Waals surface area contributed by atoms with E-state index in [1.165, 1.54) is 5.56 Å². The van der Waals surface area contributed by atoms with Crippen LogP contribution in [0.1, 0.15) is 5.56 Å². The van der Waals surface area contributed by atoms with Crippen LogP contribution >= 0.6 is 0 Å². The molecule has 1 aromatic carbocycles. The summed E-state index contributed by atoms with van der Waals surface area (Å²) in [6, 6.07) is 11.9. The summed E-state index contributed by atoms with van der Waals surface area (Å²) in [5.74, 6) is 1.44. The Bertz CT molecular complexity index is 497. The predicted molar refractivity (Wildman–Crippen MR) is 73.3 cm³/mol. The molecule has 1 heterocycles. The summed E-state index contributed by atoms with van der Waals surface area (Å²) in [6.45, 7) is 0.667. The molecule has 0 fully saturated rings. The molecule has 0 saturated carbocycles. The van der Waals surface area contributed by atoms with Gasteiger partial charge in [0.2, 0.25) is 0 Å². The van der Waals surface area contributed by atoms with Crippen LogP contribution in [0, 0.1) is 0 Å². The maximum atomic E-state index is 5.52. The minimum atomic E-state index is 0.667. The molecule has 0 radical (unpaired) electrons. The van der Waals surface area contributed by atoms with Gasteiger partial charge in [0, 0.05) is 11.9 Å². The van der Waals surface area contributed by atoms with E-state index in [0.717, 1.165) is 17.9 Å². The van der Waals surface area contributed by atoms with E-state index in [4.69, 9.17) is 10.5 Å². The van der Waals surface area contributed by atoms with E-state index in [1.54, 1.807) is 13.3 Å². The van der Waals surface area contributed by atoms with Crippen molar-refractivity contribution in [3.8, 4) is 5.75 Å². The molecule has 0 bridgehead atoms. The summed E-state index contributed by atoms with van der Waals surface area (Å²) < 4.78 is 5.24. The highest BCUT2D eigenvalue weighted by Crippen LogP contribution is 2.24. The van der Waals surface area contributed by atoms with Gasteiger partial charge in [0.25, 0.3) is 0 Å². The first-order valence-corrected chi connectivity index (χ1v) is 5.88. The van der Waals surface area contributed by atoms with Crippen LogP contribution in [-0.4, -0.2) is 18.6 Å². The Morgan fingerprint density at radius 3 is 2.67 bits per heavy atom. The fourth-order valence-electron chi connectivity index (χ4n) is 1.71.